The van der Waals surface area contributed by atoms with E-state index in [0.29, 0.717) is 50.4 Å². The number of hydrogen-bond acceptors (Lipinski definition) is 5. The largest absolute Gasteiger partial charge is 0.445 e. The Labute approximate surface area is 147 Å². The highest BCUT2D eigenvalue weighted by atomic mass is 32.1. The summed E-state index contributed by atoms with van der Waals surface area (Å²) in [6, 6.07) is -0.0530. The molecular weight excluding hydrogens is 359 g/mol. The predicted molar refractivity (Wildman–Crippen MR) is 86.2 cm³/mol. The van der Waals surface area contributed by atoms with E-state index in [0.717, 1.165) is 0 Å². The average Bonchev–Trinajstić information content (AvgIpc) is 3.05. The monoisotopic (exact) mass is 379 g/mol. The highest BCUT2D eigenvalue weighted by Gasteiger charge is 2.36. The molecule has 1 aliphatic rings. The highest BCUT2D eigenvalue weighted by Crippen LogP contribution is 2.33. The second kappa shape index (κ2) is 7.98. The number of rotatable bonds is 4. The van der Waals surface area contributed by atoms with Crippen LogP contribution in [0.4, 0.5) is 23.1 Å². The van der Waals surface area contributed by atoms with Crippen molar-refractivity contribution in [2.45, 2.75) is 32.9 Å². The number of urea groups is 1. The summed E-state index contributed by atoms with van der Waals surface area (Å²) >= 11 is 0.297. The molecule has 3 amide bonds. The van der Waals surface area contributed by atoms with Crippen molar-refractivity contribution in [3.05, 3.63) is 5.01 Å². The lowest BCUT2D eigenvalue weighted by Gasteiger charge is -2.34. The zero-order valence-corrected chi connectivity index (χ0v) is 14.8. The van der Waals surface area contributed by atoms with Gasteiger partial charge in [0.05, 0.1) is 0 Å². The lowest BCUT2D eigenvalue weighted by atomic mass is 9.96. The van der Waals surface area contributed by atoms with E-state index in [1.54, 1.807) is 9.80 Å². The normalized spacial score (nSPS) is 16.0. The van der Waals surface area contributed by atoms with Crippen molar-refractivity contribution < 1.29 is 22.8 Å². The van der Waals surface area contributed by atoms with E-state index in [1.165, 1.54) is 0 Å². The Morgan fingerprint density at radius 1 is 1.24 bits per heavy atom. The van der Waals surface area contributed by atoms with Gasteiger partial charge in [-0.25, -0.2) is 4.79 Å². The van der Waals surface area contributed by atoms with Gasteiger partial charge in [0.25, 0.3) is 0 Å². The Kier molecular flexibility index (Phi) is 6.20. The van der Waals surface area contributed by atoms with Gasteiger partial charge in [0.1, 0.15) is 0 Å². The third kappa shape index (κ3) is 4.80. The zero-order chi connectivity index (χ0) is 18.6. The smallest absolute Gasteiger partial charge is 0.325 e. The minimum Gasteiger partial charge on any atom is -0.325 e. The van der Waals surface area contributed by atoms with Crippen molar-refractivity contribution >= 4 is 28.4 Å². The zero-order valence-electron chi connectivity index (χ0n) is 14.0. The number of likely N-dealkylation sites (tertiary alicyclic amines) is 1. The lowest BCUT2D eigenvalue weighted by Crippen LogP contribution is -2.47. The first-order chi connectivity index (χ1) is 11.8. The van der Waals surface area contributed by atoms with Crippen LogP contribution in [0.25, 0.3) is 0 Å². The Balaban J connectivity index is 1.87. The van der Waals surface area contributed by atoms with E-state index in [1.807, 2.05) is 13.8 Å². The van der Waals surface area contributed by atoms with Crippen LogP contribution in [-0.2, 0) is 11.0 Å². The molecule has 0 atom stereocenters. The molecule has 25 heavy (non-hydrogen) atoms. The number of alkyl halides is 3. The molecule has 7 nitrogen and oxygen atoms in total. The first-order valence-electron chi connectivity index (χ1n) is 8.01. The maximum absolute atomic E-state index is 12.5. The van der Waals surface area contributed by atoms with Gasteiger partial charge < -0.3 is 15.1 Å². The minimum absolute atomic E-state index is 0.0530. The van der Waals surface area contributed by atoms with E-state index in [2.05, 4.69) is 15.5 Å². The highest BCUT2D eigenvalue weighted by molar-refractivity contribution is 7.15. The summed E-state index contributed by atoms with van der Waals surface area (Å²) in [5.74, 6) is -0.751. The van der Waals surface area contributed by atoms with Crippen LogP contribution in [0.1, 0.15) is 31.7 Å². The maximum Gasteiger partial charge on any atom is 0.445 e. The number of carbonyl (C=O) groups excluding carboxylic acids is 2. The van der Waals surface area contributed by atoms with Gasteiger partial charge >= 0.3 is 12.2 Å². The molecule has 140 valence electrons. The summed E-state index contributed by atoms with van der Waals surface area (Å²) in [7, 11) is 0. The SMILES string of the molecule is CCN(CC)C(=O)N1CCC(C(=O)Nc2nnc(C(F)(F)F)s2)CC1. The fourth-order valence-corrected chi connectivity index (χ4v) is 3.24. The molecular formula is C14H20F3N5O2S. The fraction of sp³-hybridized carbons (Fsp3) is 0.714. The third-order valence-electron chi connectivity index (χ3n) is 4.07. The molecule has 0 aromatic carbocycles. The van der Waals surface area contributed by atoms with Crippen LogP contribution >= 0.6 is 11.3 Å². The van der Waals surface area contributed by atoms with E-state index in [-0.39, 0.29) is 23.0 Å². The number of aromatic nitrogens is 2. The van der Waals surface area contributed by atoms with Crippen molar-refractivity contribution in [3.63, 3.8) is 0 Å². The number of amides is 3. The summed E-state index contributed by atoms with van der Waals surface area (Å²) in [6.07, 6.45) is -3.65. The summed E-state index contributed by atoms with van der Waals surface area (Å²) in [5.41, 5.74) is 0. The second-order valence-corrected chi connectivity index (χ2v) is 6.59. The van der Waals surface area contributed by atoms with Crippen LogP contribution in [-0.4, -0.2) is 58.1 Å². The molecule has 0 unspecified atom stereocenters. The van der Waals surface area contributed by atoms with Crippen molar-refractivity contribution in [2.75, 3.05) is 31.5 Å². The first kappa shape index (κ1) is 19.4. The number of carbonyl (C=O) groups is 2. The first-order valence-corrected chi connectivity index (χ1v) is 8.83. The topological polar surface area (TPSA) is 78.4 Å². The van der Waals surface area contributed by atoms with Gasteiger partial charge in [0.2, 0.25) is 16.0 Å². The van der Waals surface area contributed by atoms with E-state index in [9.17, 15) is 22.8 Å². The van der Waals surface area contributed by atoms with Gasteiger partial charge in [-0.3, -0.25) is 4.79 Å². The fourth-order valence-electron chi connectivity index (χ4n) is 2.62. The Bertz CT molecular complexity index is 610. The number of halogens is 3. The molecule has 1 aromatic heterocycles. The van der Waals surface area contributed by atoms with Crippen molar-refractivity contribution in [1.82, 2.24) is 20.0 Å². The molecule has 11 heteroatoms. The van der Waals surface area contributed by atoms with Crippen molar-refractivity contribution in [3.8, 4) is 0 Å². The van der Waals surface area contributed by atoms with Gasteiger partial charge in [-0.2, -0.15) is 13.2 Å². The number of nitrogens with one attached hydrogen (secondary N) is 1. The molecule has 1 N–H and O–H groups in total. The van der Waals surface area contributed by atoms with Gasteiger partial charge in [-0.05, 0) is 26.7 Å². The Morgan fingerprint density at radius 2 is 1.84 bits per heavy atom. The maximum atomic E-state index is 12.5. The van der Waals surface area contributed by atoms with Gasteiger partial charge in [-0.1, -0.05) is 11.3 Å². The minimum atomic E-state index is -4.57. The van der Waals surface area contributed by atoms with Crippen molar-refractivity contribution in [2.24, 2.45) is 5.92 Å². The molecule has 2 rings (SSSR count). The van der Waals surface area contributed by atoms with Crippen LogP contribution in [0, 0.1) is 5.92 Å². The molecule has 0 aliphatic carbocycles. The molecule has 0 radical (unpaired) electrons. The van der Waals surface area contributed by atoms with Crippen LogP contribution in [0.5, 0.6) is 0 Å². The van der Waals surface area contributed by atoms with Crippen LogP contribution in [0.15, 0.2) is 0 Å². The van der Waals surface area contributed by atoms with Crippen molar-refractivity contribution in [1.29, 1.82) is 0 Å². The van der Waals surface area contributed by atoms with E-state index < -0.39 is 11.2 Å². The molecule has 0 spiro atoms. The number of piperidine rings is 1. The van der Waals surface area contributed by atoms with E-state index in [4.69, 9.17) is 0 Å². The van der Waals surface area contributed by atoms with Crippen LogP contribution < -0.4 is 5.32 Å². The molecule has 0 bridgehead atoms. The molecule has 0 saturated carbocycles. The number of hydrogen-bond donors (Lipinski definition) is 1. The van der Waals surface area contributed by atoms with Crippen LogP contribution in [0.2, 0.25) is 0 Å². The lowest BCUT2D eigenvalue weighted by molar-refractivity contribution is -0.138. The Morgan fingerprint density at radius 3 is 2.32 bits per heavy atom. The van der Waals surface area contributed by atoms with Gasteiger partial charge in [-0.15, -0.1) is 10.2 Å². The summed E-state index contributed by atoms with van der Waals surface area (Å²) in [5, 5.41) is 7.50. The molecule has 1 aliphatic heterocycles. The van der Waals surface area contributed by atoms with Crippen LogP contribution in [0.3, 0.4) is 0 Å². The molecule has 1 fully saturated rings. The van der Waals surface area contributed by atoms with E-state index >= 15 is 0 Å². The molecule has 1 aromatic rings. The standard InChI is InChI=1S/C14H20F3N5O2S/c1-3-21(4-2)13(24)22-7-5-9(6-8-22)10(23)18-12-20-19-11(25-12)14(15,16)17/h9H,3-8H2,1-2H3,(H,18,20,23). The molecule has 2 heterocycles. The molecule has 1 saturated heterocycles. The predicted octanol–water partition coefficient (Wildman–Crippen LogP) is 2.67. The van der Waals surface area contributed by atoms with Gasteiger partial charge in [0, 0.05) is 32.1 Å². The quantitative estimate of drug-likeness (QED) is 0.872. The average molecular weight is 379 g/mol. The summed E-state index contributed by atoms with van der Waals surface area (Å²) in [6.45, 7) is 5.93. The third-order valence-corrected chi connectivity index (χ3v) is 4.95. The summed E-state index contributed by atoms with van der Waals surface area (Å²) < 4.78 is 37.5. The number of nitrogens with zero attached hydrogens (tertiary/aromatic N) is 4. The Hall–Kier alpha value is -1.91. The number of anilines is 1. The second-order valence-electron chi connectivity index (χ2n) is 5.62. The van der Waals surface area contributed by atoms with Gasteiger partial charge in [0.15, 0.2) is 0 Å². The summed E-state index contributed by atoms with van der Waals surface area (Å²) in [4.78, 5) is 27.8.